The summed E-state index contributed by atoms with van der Waals surface area (Å²) in [5.74, 6) is -1.04. The number of carboxylic acids is 1. The number of likely N-dealkylation sites (tertiary alicyclic amines) is 1. The number of hydrogen-bond acceptors (Lipinski definition) is 16. The Hall–Kier alpha value is -6.94. The van der Waals surface area contributed by atoms with E-state index < -0.39 is 62.2 Å². The molecule has 5 atom stereocenters. The van der Waals surface area contributed by atoms with Crippen molar-refractivity contribution in [3.63, 3.8) is 0 Å². The number of benzene rings is 2. The lowest BCUT2D eigenvalue weighted by atomic mass is 9.81. The molecule has 2 aromatic carbocycles. The maximum atomic E-state index is 13.5. The number of aryl methyl sites for hydroxylation is 1. The van der Waals surface area contributed by atoms with Crippen LogP contribution in [0.3, 0.4) is 0 Å². The molecule has 2 spiro atoms. The maximum absolute atomic E-state index is 13.5. The molecule has 0 radical (unpaired) electrons. The number of rotatable bonds is 10. The smallest absolute Gasteiger partial charge is 0.408 e. The van der Waals surface area contributed by atoms with Gasteiger partial charge in [-0.2, -0.15) is 9.59 Å². The van der Waals surface area contributed by atoms with Gasteiger partial charge >= 0.3 is 30.2 Å². The first-order chi connectivity index (χ1) is 42.4. The van der Waals surface area contributed by atoms with E-state index in [0.29, 0.717) is 51.9 Å². The molecule has 0 bridgehead atoms. The number of carbonyl (C=O) groups is 9. The molecule has 7 saturated heterocycles. The number of esters is 2. The zero-order valence-corrected chi connectivity index (χ0v) is 54.1. The van der Waals surface area contributed by atoms with Crippen LogP contribution in [0.25, 0.3) is 0 Å². The van der Waals surface area contributed by atoms with E-state index in [1.165, 1.54) is 19.8 Å². The number of aliphatic carboxylic acids is 1. The van der Waals surface area contributed by atoms with Gasteiger partial charge in [0.15, 0.2) is 0 Å². The van der Waals surface area contributed by atoms with Crippen LogP contribution < -0.4 is 21.3 Å². The quantitative estimate of drug-likeness (QED) is 0.123. The molecule has 3 saturated carbocycles. The number of hydrogen-bond donors (Lipinski definition) is 5. The van der Waals surface area contributed by atoms with Gasteiger partial charge < -0.3 is 60.0 Å². The second-order valence-corrected chi connectivity index (χ2v) is 26.3. The van der Waals surface area contributed by atoms with Crippen molar-refractivity contribution in [1.82, 2.24) is 36.0 Å². The number of piperazine rings is 2. The van der Waals surface area contributed by atoms with E-state index in [2.05, 4.69) is 26.0 Å². The summed E-state index contributed by atoms with van der Waals surface area (Å²) in [6, 6.07) is 19.4. The van der Waals surface area contributed by atoms with Crippen molar-refractivity contribution in [2.24, 2.45) is 5.41 Å². The Morgan fingerprint density at radius 2 is 1.09 bits per heavy atom. The summed E-state index contributed by atoms with van der Waals surface area (Å²) in [5.41, 5.74) is -3.22. The predicted molar refractivity (Wildman–Crippen MR) is 330 cm³/mol. The van der Waals surface area contributed by atoms with Crippen molar-refractivity contribution in [2.45, 2.75) is 221 Å². The summed E-state index contributed by atoms with van der Waals surface area (Å²) >= 11 is 0. The number of carboxylic acid groups (broad SMARTS) is 1. The second kappa shape index (κ2) is 30.9. The molecule has 0 aromatic heterocycles. The molecule has 10 aliphatic rings. The highest BCUT2D eigenvalue weighted by Gasteiger charge is 2.60. The molecule has 7 heterocycles. The molecular weight excluding hydrogens is 1180 g/mol. The number of halogens is 1. The van der Waals surface area contributed by atoms with Gasteiger partial charge in [-0.1, -0.05) is 99.2 Å². The van der Waals surface area contributed by atoms with Crippen molar-refractivity contribution < 1.29 is 76.8 Å². The average Bonchev–Trinajstić information content (AvgIpc) is 1.50. The summed E-state index contributed by atoms with van der Waals surface area (Å²) in [7, 11) is 2.76. The third kappa shape index (κ3) is 15.5. The molecule has 3 aliphatic carbocycles. The third-order valence-electron chi connectivity index (χ3n) is 20.4. The minimum absolute atomic E-state index is 0. The Labute approximate surface area is 534 Å². The fourth-order valence-electron chi connectivity index (χ4n) is 14.7. The fourth-order valence-corrected chi connectivity index (χ4v) is 14.7. The number of methoxy groups -OCH3 is 2. The lowest BCUT2D eigenvalue weighted by Crippen LogP contribution is -2.72. The first kappa shape index (κ1) is 72.1. The number of alkyl carbamates (subject to hydrolysis) is 1. The van der Waals surface area contributed by atoms with E-state index in [1.807, 2.05) is 91.2 Å². The molecule has 23 nitrogen and oxygen atoms in total. The largest absolute Gasteiger partial charge is 0.481 e. The van der Waals surface area contributed by atoms with E-state index in [1.54, 1.807) is 11.8 Å². The zero-order valence-electron chi connectivity index (χ0n) is 53.3. The third-order valence-corrected chi connectivity index (χ3v) is 20.4. The summed E-state index contributed by atoms with van der Waals surface area (Å²) in [6.45, 7) is 11.4. The van der Waals surface area contributed by atoms with Gasteiger partial charge in [0.05, 0.1) is 26.2 Å². The van der Waals surface area contributed by atoms with Crippen LogP contribution in [-0.2, 0) is 79.9 Å². The summed E-state index contributed by atoms with van der Waals surface area (Å²) in [5, 5.41) is 21.2. The van der Waals surface area contributed by atoms with Crippen LogP contribution in [0.5, 0.6) is 0 Å². The van der Waals surface area contributed by atoms with Gasteiger partial charge in [-0.25, -0.2) is 9.59 Å². The molecule has 5 N–H and O–H groups in total. The Morgan fingerprint density at radius 3 is 1.53 bits per heavy atom. The highest BCUT2D eigenvalue weighted by atomic mass is 35.5. The number of nitrogens with zero attached hydrogens (tertiary/aromatic N) is 3. The van der Waals surface area contributed by atoms with Gasteiger partial charge in [-0.05, 0) is 155 Å². The summed E-state index contributed by atoms with van der Waals surface area (Å²) in [6.07, 6.45) is 18.7. The second-order valence-electron chi connectivity index (χ2n) is 26.3. The van der Waals surface area contributed by atoms with Crippen LogP contribution in [0.15, 0.2) is 60.7 Å². The van der Waals surface area contributed by atoms with Crippen LogP contribution >= 0.6 is 12.4 Å². The predicted octanol–water partition coefficient (Wildman–Crippen LogP) is 6.65. The minimum Gasteiger partial charge on any atom is -0.481 e. The van der Waals surface area contributed by atoms with Gasteiger partial charge in [-0.15, -0.1) is 12.4 Å². The number of fused-ring (bicyclic) bond motifs is 2. The molecule has 1 unspecified atom stereocenters. The van der Waals surface area contributed by atoms with E-state index in [-0.39, 0.29) is 60.7 Å². The van der Waals surface area contributed by atoms with E-state index in [9.17, 15) is 48.3 Å². The van der Waals surface area contributed by atoms with Crippen LogP contribution in [0.1, 0.15) is 180 Å². The van der Waals surface area contributed by atoms with Crippen LogP contribution in [0, 0.1) is 5.41 Å². The highest BCUT2D eigenvalue weighted by molar-refractivity contribution is 6.04. The van der Waals surface area contributed by atoms with Crippen molar-refractivity contribution >= 4 is 72.1 Å². The molecule has 10 fully saturated rings. The number of carbonyl (C=O) groups excluding carboxylic acids is 10. The van der Waals surface area contributed by atoms with E-state index in [0.717, 1.165) is 141 Å². The van der Waals surface area contributed by atoms with Gasteiger partial charge in [0.25, 0.3) is 0 Å². The summed E-state index contributed by atoms with van der Waals surface area (Å²) < 4.78 is 20.1. The molecule has 6 amide bonds. The van der Waals surface area contributed by atoms with Crippen molar-refractivity contribution in [1.29, 1.82) is 0 Å². The van der Waals surface area contributed by atoms with Crippen LogP contribution in [0.2, 0.25) is 0 Å². The molecule has 24 heteroatoms. The summed E-state index contributed by atoms with van der Waals surface area (Å²) in [4.78, 5) is 131. The first-order valence-electron chi connectivity index (χ1n) is 31.8. The lowest BCUT2D eigenvalue weighted by Gasteiger charge is -2.46. The molecule has 7 aliphatic heterocycles. The van der Waals surface area contributed by atoms with Gasteiger partial charge in [0.1, 0.15) is 45.4 Å². The van der Waals surface area contributed by atoms with Gasteiger partial charge in [-0.3, -0.25) is 33.6 Å². The lowest BCUT2D eigenvalue weighted by molar-refractivity contribution is -0.192. The normalized spacial score (nSPS) is 28.3. The average molecular weight is 1280 g/mol. The van der Waals surface area contributed by atoms with Crippen LogP contribution in [0.4, 0.5) is 4.79 Å². The SMILES string of the molecule is COC(=O)[C@]1(C)CCCN1.COC(=O)[C@]1(C)CCCN1C(=O)C1(NC(=O)OCc2ccccc2)CCCC1.C[C@@]12CCCN1C(=O)C1(CCCC1)NC2=O.C[C@@]12CCCN1C(=O)C1(CCCC1)NC2=O.Cl.O=C(O)C1(CCc2ccccc2)CCOC1.O=C=O. The Morgan fingerprint density at radius 1 is 0.611 bits per heavy atom. The van der Waals surface area contributed by atoms with Crippen molar-refractivity contribution in [3.05, 3.63) is 71.8 Å². The number of nitrogens with one attached hydrogen (secondary N) is 4. The van der Waals surface area contributed by atoms with Gasteiger partial charge in [0, 0.05) is 26.2 Å². The van der Waals surface area contributed by atoms with Crippen molar-refractivity contribution in [3.8, 4) is 0 Å². The standard InChI is InChI=1S/C21H28N2O5.C13H16O3.2C12H18N2O2.C7H13NO2.CO2.ClH/c1-20(18(25)27-2)11-8-14-23(20)17(24)21(12-6-7-13-21)22-19(26)28-15-16-9-4-3-5-10-16;14-12(15)13(8-9-16-10-13)7-6-11-4-2-1-3-5-11;2*1-11-5-4-8-14(11)10(16)12(13-9(11)15)6-2-3-7-12;1-7(6(9)10-2)4-3-5-8-7;2-1-3;/h3-5,9-10H,6-8,11-15H2,1-2H3,(H,22,26);1-5H,6-10H2,(H,14,15);2*2-8H2,1H3,(H,13,15);8H,3-5H2,1-2H3;;1H/t20-;;2*11-;7-;;/m0.000../s1. The molecule has 12 rings (SSSR count). The Bertz CT molecular complexity index is 2810. The first-order valence-corrected chi connectivity index (χ1v) is 31.8. The fraction of sp³-hybridized carbons (Fsp3) is 0.667. The molecule has 90 heavy (non-hydrogen) atoms. The number of ether oxygens (including phenoxy) is 4. The monoisotopic (exact) mass is 1280 g/mol. The Kier molecular flexibility index (Phi) is 24.8. The molecular formula is C66H94ClN7O16. The Balaban J connectivity index is 0.000000183. The van der Waals surface area contributed by atoms with Gasteiger partial charge in [0.2, 0.25) is 29.5 Å². The van der Waals surface area contributed by atoms with Crippen LogP contribution in [-0.4, -0.2) is 172 Å². The highest BCUT2D eigenvalue weighted by Crippen LogP contribution is 2.44. The number of amides is 6. The zero-order chi connectivity index (χ0) is 64.7. The maximum Gasteiger partial charge on any atom is 0.408 e. The minimum atomic E-state index is -1.02. The topological polar surface area (TPSA) is 303 Å². The van der Waals surface area contributed by atoms with E-state index in [4.69, 9.17) is 23.8 Å². The van der Waals surface area contributed by atoms with Crippen molar-refractivity contribution in [2.75, 3.05) is 53.6 Å². The van der Waals surface area contributed by atoms with E-state index >= 15 is 0 Å². The molecule has 496 valence electrons. The molecule has 2 aromatic rings.